The monoisotopic (exact) mass is 354 g/mol. The third kappa shape index (κ3) is 3.99. The standard InChI is InChI=1S/C19H22N4O3/c1-12-11-13(2)21-19(20-12)23-9-7-14(8-10-23)17(24)22-16-6-4-3-5-15(16)18(25)26/h3-6,11,14H,7-10H2,1-2H3,(H,22,24)(H,25,26). The maximum Gasteiger partial charge on any atom is 0.337 e. The average molecular weight is 354 g/mol. The summed E-state index contributed by atoms with van der Waals surface area (Å²) < 4.78 is 0. The van der Waals surface area contributed by atoms with Crippen molar-refractivity contribution in [2.45, 2.75) is 26.7 Å². The Labute approximate surface area is 152 Å². The van der Waals surface area contributed by atoms with E-state index < -0.39 is 5.97 Å². The molecule has 0 atom stereocenters. The summed E-state index contributed by atoms with van der Waals surface area (Å²) in [7, 11) is 0. The summed E-state index contributed by atoms with van der Waals surface area (Å²) in [6.07, 6.45) is 1.36. The van der Waals surface area contributed by atoms with E-state index in [0.717, 1.165) is 11.4 Å². The van der Waals surface area contributed by atoms with E-state index in [1.54, 1.807) is 18.2 Å². The summed E-state index contributed by atoms with van der Waals surface area (Å²) in [5.74, 6) is -0.640. The van der Waals surface area contributed by atoms with Gasteiger partial charge in [-0.3, -0.25) is 4.79 Å². The molecule has 2 aromatic rings. The maximum absolute atomic E-state index is 12.5. The van der Waals surface area contributed by atoms with Crippen molar-refractivity contribution in [3.8, 4) is 0 Å². The highest BCUT2D eigenvalue weighted by Gasteiger charge is 2.27. The van der Waals surface area contributed by atoms with Gasteiger partial charge >= 0.3 is 5.97 Å². The Balaban J connectivity index is 1.63. The van der Waals surface area contributed by atoms with Crippen molar-refractivity contribution in [3.05, 3.63) is 47.3 Å². The van der Waals surface area contributed by atoms with E-state index in [4.69, 9.17) is 0 Å². The van der Waals surface area contributed by atoms with Gasteiger partial charge in [0, 0.05) is 30.4 Å². The largest absolute Gasteiger partial charge is 0.478 e. The first-order valence-corrected chi connectivity index (χ1v) is 8.64. The Morgan fingerprint density at radius 3 is 2.35 bits per heavy atom. The van der Waals surface area contributed by atoms with Crippen LogP contribution in [0.4, 0.5) is 11.6 Å². The molecule has 1 aromatic carbocycles. The molecule has 1 fully saturated rings. The Hall–Kier alpha value is -2.96. The van der Waals surface area contributed by atoms with E-state index in [2.05, 4.69) is 20.2 Å². The number of nitrogens with one attached hydrogen (secondary N) is 1. The van der Waals surface area contributed by atoms with Crippen LogP contribution in [-0.2, 0) is 4.79 Å². The lowest BCUT2D eigenvalue weighted by Crippen LogP contribution is -2.39. The minimum atomic E-state index is -1.05. The van der Waals surface area contributed by atoms with Crippen LogP contribution in [0.1, 0.15) is 34.6 Å². The van der Waals surface area contributed by atoms with Gasteiger partial charge in [-0.15, -0.1) is 0 Å². The first kappa shape index (κ1) is 17.8. The molecule has 2 N–H and O–H groups in total. The van der Waals surface area contributed by atoms with E-state index in [1.165, 1.54) is 6.07 Å². The fraction of sp³-hybridized carbons (Fsp3) is 0.368. The number of aryl methyl sites for hydroxylation is 2. The highest BCUT2D eigenvalue weighted by Crippen LogP contribution is 2.23. The summed E-state index contributed by atoms with van der Waals surface area (Å²) in [5, 5.41) is 12.0. The van der Waals surface area contributed by atoms with Gasteiger partial charge in [0.1, 0.15) is 0 Å². The highest BCUT2D eigenvalue weighted by molar-refractivity contribution is 6.01. The lowest BCUT2D eigenvalue weighted by atomic mass is 9.96. The van der Waals surface area contributed by atoms with Gasteiger partial charge in [0.15, 0.2) is 0 Å². The number of hydrogen-bond acceptors (Lipinski definition) is 5. The molecule has 7 nitrogen and oxygen atoms in total. The molecule has 0 unspecified atom stereocenters. The molecule has 2 heterocycles. The topological polar surface area (TPSA) is 95.4 Å². The summed E-state index contributed by atoms with van der Waals surface area (Å²) in [6, 6.07) is 8.38. The quantitative estimate of drug-likeness (QED) is 0.876. The van der Waals surface area contributed by atoms with Gasteiger partial charge in [-0.1, -0.05) is 12.1 Å². The van der Waals surface area contributed by atoms with Gasteiger partial charge < -0.3 is 15.3 Å². The van der Waals surface area contributed by atoms with Gasteiger partial charge in [0.2, 0.25) is 11.9 Å². The van der Waals surface area contributed by atoms with Gasteiger partial charge in [0.05, 0.1) is 11.3 Å². The van der Waals surface area contributed by atoms with Crippen LogP contribution in [-0.4, -0.2) is 40.0 Å². The van der Waals surface area contributed by atoms with Crippen LogP contribution in [0.3, 0.4) is 0 Å². The fourth-order valence-electron chi connectivity index (χ4n) is 3.20. The number of benzene rings is 1. The zero-order valence-corrected chi connectivity index (χ0v) is 14.9. The number of carboxylic acid groups (broad SMARTS) is 1. The summed E-state index contributed by atoms with van der Waals surface area (Å²) >= 11 is 0. The normalized spacial score (nSPS) is 14.9. The molecule has 1 amide bonds. The van der Waals surface area contributed by atoms with Crippen LogP contribution in [0, 0.1) is 19.8 Å². The smallest absolute Gasteiger partial charge is 0.337 e. The molecule has 0 radical (unpaired) electrons. The number of rotatable bonds is 4. The number of aromatic nitrogens is 2. The molecule has 0 saturated carbocycles. The highest BCUT2D eigenvalue weighted by atomic mass is 16.4. The van der Waals surface area contributed by atoms with Gasteiger partial charge in [0.25, 0.3) is 0 Å². The molecule has 26 heavy (non-hydrogen) atoms. The number of amides is 1. The van der Waals surface area contributed by atoms with Crippen LogP contribution in [0.25, 0.3) is 0 Å². The molecule has 7 heteroatoms. The van der Waals surface area contributed by atoms with E-state index in [9.17, 15) is 14.7 Å². The van der Waals surface area contributed by atoms with Crippen LogP contribution in [0.2, 0.25) is 0 Å². The Kier molecular flexibility index (Phi) is 5.16. The maximum atomic E-state index is 12.5. The van der Waals surface area contributed by atoms with E-state index >= 15 is 0 Å². The second-order valence-corrected chi connectivity index (χ2v) is 6.55. The zero-order valence-electron chi connectivity index (χ0n) is 14.9. The van der Waals surface area contributed by atoms with Crippen LogP contribution < -0.4 is 10.2 Å². The third-order valence-electron chi connectivity index (χ3n) is 4.53. The molecule has 1 aliphatic heterocycles. The fourth-order valence-corrected chi connectivity index (χ4v) is 3.20. The molecule has 1 aromatic heterocycles. The summed E-state index contributed by atoms with van der Waals surface area (Å²) in [5.41, 5.74) is 2.29. The first-order chi connectivity index (χ1) is 12.4. The summed E-state index contributed by atoms with van der Waals surface area (Å²) in [4.78, 5) is 34.8. The molecular formula is C19H22N4O3. The number of carboxylic acids is 1. The number of nitrogens with zero attached hydrogens (tertiary/aromatic N) is 3. The van der Waals surface area contributed by atoms with Crippen molar-refractivity contribution in [2.75, 3.05) is 23.3 Å². The molecule has 3 rings (SSSR count). The van der Waals surface area contributed by atoms with E-state index in [-0.39, 0.29) is 17.4 Å². The van der Waals surface area contributed by atoms with E-state index in [1.807, 2.05) is 19.9 Å². The minimum Gasteiger partial charge on any atom is -0.478 e. The van der Waals surface area contributed by atoms with Crippen molar-refractivity contribution in [2.24, 2.45) is 5.92 Å². The van der Waals surface area contributed by atoms with Crippen molar-refractivity contribution < 1.29 is 14.7 Å². The minimum absolute atomic E-state index is 0.0990. The van der Waals surface area contributed by atoms with Gasteiger partial charge in [-0.25, -0.2) is 14.8 Å². The molecule has 1 aliphatic rings. The Morgan fingerprint density at radius 2 is 1.73 bits per heavy atom. The van der Waals surface area contributed by atoms with E-state index in [0.29, 0.717) is 37.6 Å². The van der Waals surface area contributed by atoms with Gasteiger partial charge in [-0.2, -0.15) is 0 Å². The predicted octanol–water partition coefficient (Wildman–Crippen LogP) is 2.65. The molecule has 0 aliphatic carbocycles. The lowest BCUT2D eigenvalue weighted by Gasteiger charge is -2.31. The van der Waals surface area contributed by atoms with Crippen LogP contribution in [0.5, 0.6) is 0 Å². The predicted molar refractivity (Wildman–Crippen MR) is 98.5 cm³/mol. The van der Waals surface area contributed by atoms with Crippen LogP contribution >= 0.6 is 0 Å². The number of anilines is 2. The Morgan fingerprint density at radius 1 is 1.12 bits per heavy atom. The zero-order chi connectivity index (χ0) is 18.7. The van der Waals surface area contributed by atoms with Crippen LogP contribution in [0.15, 0.2) is 30.3 Å². The number of hydrogen-bond donors (Lipinski definition) is 2. The second kappa shape index (κ2) is 7.51. The SMILES string of the molecule is Cc1cc(C)nc(N2CCC(C(=O)Nc3ccccc3C(=O)O)CC2)n1. The van der Waals surface area contributed by atoms with Crippen molar-refractivity contribution in [1.82, 2.24) is 9.97 Å². The summed E-state index contributed by atoms with van der Waals surface area (Å²) in [6.45, 7) is 5.28. The number of aromatic carboxylic acids is 1. The second-order valence-electron chi connectivity index (χ2n) is 6.55. The lowest BCUT2D eigenvalue weighted by molar-refractivity contribution is -0.120. The molecule has 0 bridgehead atoms. The van der Waals surface area contributed by atoms with Crippen molar-refractivity contribution in [1.29, 1.82) is 0 Å². The number of carbonyl (C=O) groups is 2. The first-order valence-electron chi connectivity index (χ1n) is 8.64. The number of para-hydroxylation sites is 1. The molecule has 1 saturated heterocycles. The van der Waals surface area contributed by atoms with Gasteiger partial charge in [-0.05, 0) is 44.9 Å². The number of piperidine rings is 1. The average Bonchev–Trinajstić information content (AvgIpc) is 2.61. The molecule has 136 valence electrons. The third-order valence-corrected chi connectivity index (χ3v) is 4.53. The van der Waals surface area contributed by atoms with Crippen molar-refractivity contribution in [3.63, 3.8) is 0 Å². The van der Waals surface area contributed by atoms with Crippen molar-refractivity contribution >= 4 is 23.5 Å². The molecular weight excluding hydrogens is 332 g/mol. The number of carbonyl (C=O) groups excluding carboxylic acids is 1. The Bertz CT molecular complexity index is 809. The molecule has 0 spiro atoms.